The van der Waals surface area contributed by atoms with Crippen molar-refractivity contribution in [2.24, 2.45) is 0 Å². The number of ether oxygens (including phenoxy) is 2. The summed E-state index contributed by atoms with van der Waals surface area (Å²) in [6.45, 7) is 0.786. The minimum atomic E-state index is -3.61. The van der Waals surface area contributed by atoms with E-state index in [0.717, 1.165) is 24.2 Å². The number of anilines is 1. The van der Waals surface area contributed by atoms with E-state index in [1.54, 1.807) is 46.7 Å². The van der Waals surface area contributed by atoms with Gasteiger partial charge in [-0.25, -0.2) is 13.2 Å². The number of carbonyl (C=O) groups excluding carboxylic acids is 2. The van der Waals surface area contributed by atoms with Gasteiger partial charge in [0.05, 0.1) is 5.69 Å². The first kappa shape index (κ1) is 21.1. The zero-order valence-corrected chi connectivity index (χ0v) is 17.6. The highest BCUT2D eigenvalue weighted by atomic mass is 32.2. The SMILES string of the molecule is CN(c1ccc(OCC(=O)OCC(=O)N2CCCC2)cc1)S(=O)(=O)c1cccs1. The zero-order chi connectivity index (χ0) is 20.9. The van der Waals surface area contributed by atoms with Crippen molar-refractivity contribution >= 4 is 38.9 Å². The number of hydrogen-bond donors (Lipinski definition) is 0. The molecule has 1 aromatic heterocycles. The smallest absolute Gasteiger partial charge is 0.344 e. The molecule has 0 radical (unpaired) electrons. The van der Waals surface area contributed by atoms with E-state index < -0.39 is 16.0 Å². The second-order valence-corrected chi connectivity index (χ2v) is 9.58. The fourth-order valence-corrected chi connectivity index (χ4v) is 5.18. The monoisotopic (exact) mass is 438 g/mol. The number of carbonyl (C=O) groups is 2. The standard InChI is InChI=1S/C19H22N2O6S2/c1-20(29(24,25)19-5-4-12-28-19)15-6-8-16(9-7-15)26-14-18(23)27-13-17(22)21-10-2-3-11-21/h4-9,12H,2-3,10-11,13-14H2,1H3. The fourth-order valence-electron chi connectivity index (χ4n) is 2.82. The normalized spacial score (nSPS) is 13.9. The minimum absolute atomic E-state index is 0.199. The van der Waals surface area contributed by atoms with Crippen LogP contribution in [0.25, 0.3) is 0 Å². The number of thiophene rings is 1. The van der Waals surface area contributed by atoms with Gasteiger partial charge in [-0.3, -0.25) is 9.10 Å². The van der Waals surface area contributed by atoms with Crippen LogP contribution in [-0.4, -0.2) is 58.5 Å². The molecule has 1 aliphatic rings. The van der Waals surface area contributed by atoms with E-state index in [4.69, 9.17) is 9.47 Å². The molecule has 1 fully saturated rings. The molecular formula is C19H22N2O6S2. The number of esters is 1. The van der Waals surface area contributed by atoms with Gasteiger partial charge in [0.25, 0.3) is 15.9 Å². The lowest BCUT2D eigenvalue weighted by atomic mass is 10.3. The van der Waals surface area contributed by atoms with Crippen molar-refractivity contribution in [1.82, 2.24) is 4.90 Å². The van der Waals surface area contributed by atoms with E-state index in [1.807, 2.05) is 0 Å². The van der Waals surface area contributed by atoms with E-state index in [2.05, 4.69) is 0 Å². The maximum Gasteiger partial charge on any atom is 0.344 e. The van der Waals surface area contributed by atoms with Crippen molar-refractivity contribution in [3.8, 4) is 5.75 Å². The van der Waals surface area contributed by atoms with Crippen LogP contribution in [-0.2, 0) is 24.3 Å². The van der Waals surface area contributed by atoms with E-state index in [-0.39, 0.29) is 23.3 Å². The molecule has 10 heteroatoms. The first-order valence-corrected chi connectivity index (χ1v) is 11.4. The van der Waals surface area contributed by atoms with Gasteiger partial charge in [0, 0.05) is 20.1 Å². The third-order valence-electron chi connectivity index (χ3n) is 4.48. The molecule has 8 nitrogen and oxygen atoms in total. The quantitative estimate of drug-likeness (QED) is 0.586. The highest BCUT2D eigenvalue weighted by molar-refractivity contribution is 7.94. The predicted octanol–water partition coefficient (Wildman–Crippen LogP) is 2.12. The first-order valence-electron chi connectivity index (χ1n) is 9.06. The molecule has 29 heavy (non-hydrogen) atoms. The van der Waals surface area contributed by atoms with Crippen LogP contribution in [0.4, 0.5) is 5.69 Å². The van der Waals surface area contributed by atoms with Crippen LogP contribution in [0.15, 0.2) is 46.0 Å². The van der Waals surface area contributed by atoms with Crippen LogP contribution in [0, 0.1) is 0 Å². The number of nitrogens with zero attached hydrogens (tertiary/aromatic N) is 2. The Balaban J connectivity index is 1.49. The summed E-state index contributed by atoms with van der Waals surface area (Å²) in [5.41, 5.74) is 0.463. The summed E-state index contributed by atoms with van der Waals surface area (Å²) in [6, 6.07) is 9.54. The lowest BCUT2D eigenvalue weighted by Gasteiger charge is -2.18. The number of benzene rings is 1. The minimum Gasteiger partial charge on any atom is -0.482 e. The molecule has 0 aliphatic carbocycles. The molecule has 1 saturated heterocycles. The van der Waals surface area contributed by atoms with Gasteiger partial charge in [-0.15, -0.1) is 11.3 Å². The molecule has 1 amide bonds. The molecule has 1 aliphatic heterocycles. The van der Waals surface area contributed by atoms with Crippen molar-refractivity contribution in [3.63, 3.8) is 0 Å². The Morgan fingerprint density at radius 2 is 1.79 bits per heavy atom. The van der Waals surface area contributed by atoms with Gasteiger partial charge in [0.1, 0.15) is 9.96 Å². The summed E-state index contributed by atoms with van der Waals surface area (Å²) in [6.07, 6.45) is 1.95. The second kappa shape index (κ2) is 9.27. The molecule has 2 aromatic rings. The first-order chi connectivity index (χ1) is 13.9. The largest absolute Gasteiger partial charge is 0.482 e. The van der Waals surface area contributed by atoms with Gasteiger partial charge in [-0.2, -0.15) is 0 Å². The second-order valence-electron chi connectivity index (χ2n) is 6.44. The highest BCUT2D eigenvalue weighted by Crippen LogP contribution is 2.26. The van der Waals surface area contributed by atoms with Gasteiger partial charge in [-0.1, -0.05) is 6.07 Å². The molecule has 0 spiro atoms. The number of hydrogen-bond acceptors (Lipinski definition) is 7. The molecule has 0 N–H and O–H groups in total. The molecule has 0 bridgehead atoms. The lowest BCUT2D eigenvalue weighted by molar-refractivity contribution is -0.153. The summed E-state index contributed by atoms with van der Waals surface area (Å²) in [5.74, 6) is -0.451. The Morgan fingerprint density at radius 3 is 2.41 bits per heavy atom. The highest BCUT2D eigenvalue weighted by Gasteiger charge is 2.22. The van der Waals surface area contributed by atoms with E-state index in [9.17, 15) is 18.0 Å². The van der Waals surface area contributed by atoms with Gasteiger partial charge >= 0.3 is 5.97 Å². The molecule has 0 saturated carbocycles. The van der Waals surface area contributed by atoms with Gasteiger partial charge in [-0.05, 0) is 48.6 Å². The number of rotatable bonds is 8. The van der Waals surface area contributed by atoms with Crippen molar-refractivity contribution in [3.05, 3.63) is 41.8 Å². The third-order valence-corrected chi connectivity index (χ3v) is 7.64. The summed E-state index contributed by atoms with van der Waals surface area (Å²) in [4.78, 5) is 25.3. The number of likely N-dealkylation sites (tertiary alicyclic amines) is 1. The van der Waals surface area contributed by atoms with Crippen LogP contribution >= 0.6 is 11.3 Å². The zero-order valence-electron chi connectivity index (χ0n) is 15.9. The Kier molecular flexibility index (Phi) is 6.75. The van der Waals surface area contributed by atoms with Gasteiger partial charge in [0.15, 0.2) is 13.2 Å². The Morgan fingerprint density at radius 1 is 1.10 bits per heavy atom. The van der Waals surface area contributed by atoms with E-state index in [0.29, 0.717) is 24.5 Å². The summed E-state index contributed by atoms with van der Waals surface area (Å²) < 4.78 is 36.8. The lowest BCUT2D eigenvalue weighted by Crippen LogP contribution is -2.32. The Hall–Kier alpha value is -2.59. The van der Waals surface area contributed by atoms with Crippen molar-refractivity contribution in [2.45, 2.75) is 17.1 Å². The molecule has 0 unspecified atom stereocenters. The average molecular weight is 439 g/mol. The fraction of sp³-hybridized carbons (Fsp3) is 0.368. The molecule has 1 aromatic carbocycles. The maximum atomic E-state index is 12.5. The maximum absolute atomic E-state index is 12.5. The van der Waals surface area contributed by atoms with Crippen molar-refractivity contribution in [1.29, 1.82) is 0 Å². The van der Waals surface area contributed by atoms with Crippen LogP contribution in [0.1, 0.15) is 12.8 Å². The predicted molar refractivity (Wildman–Crippen MR) is 109 cm³/mol. The number of sulfonamides is 1. The molecule has 2 heterocycles. The van der Waals surface area contributed by atoms with Crippen LogP contribution in [0.3, 0.4) is 0 Å². The Bertz CT molecular complexity index is 936. The van der Waals surface area contributed by atoms with Gasteiger partial charge < -0.3 is 14.4 Å². The molecule has 0 atom stereocenters. The molecule has 3 rings (SSSR count). The van der Waals surface area contributed by atoms with Crippen LogP contribution in [0.5, 0.6) is 5.75 Å². The van der Waals surface area contributed by atoms with Crippen molar-refractivity contribution in [2.75, 3.05) is 37.7 Å². The van der Waals surface area contributed by atoms with E-state index >= 15 is 0 Å². The van der Waals surface area contributed by atoms with Crippen LogP contribution < -0.4 is 9.04 Å². The van der Waals surface area contributed by atoms with E-state index in [1.165, 1.54) is 11.4 Å². The molecular weight excluding hydrogens is 416 g/mol. The third kappa shape index (κ3) is 5.27. The summed E-state index contributed by atoms with van der Waals surface area (Å²) in [5, 5.41) is 1.70. The van der Waals surface area contributed by atoms with Gasteiger partial charge in [0.2, 0.25) is 0 Å². The Labute approximate surface area is 173 Å². The summed E-state index contributed by atoms with van der Waals surface area (Å²) >= 11 is 1.15. The topological polar surface area (TPSA) is 93.2 Å². The summed E-state index contributed by atoms with van der Waals surface area (Å²) in [7, 11) is -2.14. The number of amides is 1. The van der Waals surface area contributed by atoms with Crippen LogP contribution in [0.2, 0.25) is 0 Å². The molecule has 156 valence electrons. The average Bonchev–Trinajstić information content (AvgIpc) is 3.44. The van der Waals surface area contributed by atoms with Crippen molar-refractivity contribution < 1.29 is 27.5 Å².